The fraction of sp³-hybridized carbons (Fsp3) is 0.833. The lowest BCUT2D eigenvalue weighted by Gasteiger charge is -2.27. The standard InChI is InChI=1S/C12H23N3O3/c1-3-9(2)11(12(17)18)14-10(16)8-15-6-4-13-5-7-15/h9,11,13H,3-8H2,1-2H3,(H,14,16)(H,17,18)/t9?,11-/m0/s1. The topological polar surface area (TPSA) is 81.7 Å². The molecule has 0 aromatic heterocycles. The second-order valence-corrected chi connectivity index (χ2v) is 4.80. The highest BCUT2D eigenvalue weighted by Crippen LogP contribution is 2.07. The Bertz CT molecular complexity index is 290. The molecule has 1 saturated heterocycles. The number of nitrogens with one attached hydrogen (secondary N) is 2. The van der Waals surface area contributed by atoms with E-state index < -0.39 is 12.0 Å². The Morgan fingerprint density at radius 2 is 2.00 bits per heavy atom. The van der Waals surface area contributed by atoms with Crippen molar-refractivity contribution < 1.29 is 14.7 Å². The van der Waals surface area contributed by atoms with Crippen molar-refractivity contribution in [2.24, 2.45) is 5.92 Å². The van der Waals surface area contributed by atoms with Gasteiger partial charge >= 0.3 is 5.97 Å². The first-order valence-electron chi connectivity index (χ1n) is 6.49. The Kier molecular flexibility index (Phi) is 6.07. The molecule has 104 valence electrons. The molecule has 1 amide bonds. The first kappa shape index (κ1) is 14.9. The minimum Gasteiger partial charge on any atom is -0.480 e. The molecule has 0 aromatic carbocycles. The summed E-state index contributed by atoms with van der Waals surface area (Å²) in [7, 11) is 0. The van der Waals surface area contributed by atoms with Gasteiger partial charge in [-0.05, 0) is 5.92 Å². The molecule has 3 N–H and O–H groups in total. The normalized spacial score (nSPS) is 20.1. The van der Waals surface area contributed by atoms with Crippen LogP contribution in [0.25, 0.3) is 0 Å². The molecular formula is C12H23N3O3. The molecule has 1 unspecified atom stereocenters. The van der Waals surface area contributed by atoms with E-state index in [2.05, 4.69) is 10.6 Å². The van der Waals surface area contributed by atoms with Crippen molar-refractivity contribution in [3.05, 3.63) is 0 Å². The molecule has 1 aliphatic heterocycles. The number of aliphatic carboxylic acids is 1. The Balaban J connectivity index is 2.42. The summed E-state index contributed by atoms with van der Waals surface area (Å²) in [5, 5.41) is 14.9. The molecule has 6 heteroatoms. The van der Waals surface area contributed by atoms with Gasteiger partial charge in [-0.25, -0.2) is 4.79 Å². The minimum atomic E-state index is -0.960. The number of piperazine rings is 1. The van der Waals surface area contributed by atoms with Crippen LogP contribution in [0.4, 0.5) is 0 Å². The maximum atomic E-state index is 11.8. The molecule has 1 heterocycles. The van der Waals surface area contributed by atoms with Gasteiger partial charge in [0.15, 0.2) is 0 Å². The number of amides is 1. The van der Waals surface area contributed by atoms with E-state index in [1.807, 2.05) is 18.7 Å². The summed E-state index contributed by atoms with van der Waals surface area (Å²) in [6.45, 7) is 7.44. The molecule has 18 heavy (non-hydrogen) atoms. The Morgan fingerprint density at radius 1 is 1.39 bits per heavy atom. The van der Waals surface area contributed by atoms with Crippen LogP contribution in [0.15, 0.2) is 0 Å². The van der Waals surface area contributed by atoms with Crippen LogP contribution in [-0.4, -0.2) is 60.6 Å². The van der Waals surface area contributed by atoms with Gasteiger partial charge in [-0.1, -0.05) is 20.3 Å². The van der Waals surface area contributed by atoms with Crippen LogP contribution in [0.1, 0.15) is 20.3 Å². The van der Waals surface area contributed by atoms with E-state index >= 15 is 0 Å². The van der Waals surface area contributed by atoms with E-state index in [4.69, 9.17) is 5.11 Å². The number of hydrogen-bond donors (Lipinski definition) is 3. The van der Waals surface area contributed by atoms with Gasteiger partial charge in [-0.2, -0.15) is 0 Å². The zero-order valence-corrected chi connectivity index (χ0v) is 11.1. The van der Waals surface area contributed by atoms with E-state index in [0.29, 0.717) is 0 Å². The van der Waals surface area contributed by atoms with Crippen molar-refractivity contribution in [1.82, 2.24) is 15.5 Å². The molecule has 1 rings (SSSR count). The molecule has 0 radical (unpaired) electrons. The van der Waals surface area contributed by atoms with Crippen molar-refractivity contribution in [2.45, 2.75) is 26.3 Å². The SMILES string of the molecule is CCC(C)[C@H](NC(=O)CN1CCNCC1)C(=O)O. The van der Waals surface area contributed by atoms with Crippen molar-refractivity contribution in [2.75, 3.05) is 32.7 Å². The zero-order chi connectivity index (χ0) is 13.5. The molecule has 2 atom stereocenters. The lowest BCUT2D eigenvalue weighted by molar-refractivity contribution is -0.143. The van der Waals surface area contributed by atoms with Crippen LogP contribution in [-0.2, 0) is 9.59 Å². The van der Waals surface area contributed by atoms with Crippen LogP contribution >= 0.6 is 0 Å². The first-order valence-corrected chi connectivity index (χ1v) is 6.49. The van der Waals surface area contributed by atoms with Gasteiger partial charge in [0.1, 0.15) is 6.04 Å². The quantitative estimate of drug-likeness (QED) is 0.598. The molecule has 1 aliphatic rings. The lowest BCUT2D eigenvalue weighted by Crippen LogP contribution is -2.51. The summed E-state index contributed by atoms with van der Waals surface area (Å²) in [5.41, 5.74) is 0. The highest BCUT2D eigenvalue weighted by molar-refractivity contribution is 5.84. The number of rotatable bonds is 6. The molecule has 0 aromatic rings. The van der Waals surface area contributed by atoms with Gasteiger partial charge in [0.05, 0.1) is 6.54 Å². The van der Waals surface area contributed by atoms with Gasteiger partial charge in [0, 0.05) is 26.2 Å². The van der Waals surface area contributed by atoms with Crippen LogP contribution in [0.3, 0.4) is 0 Å². The number of carbonyl (C=O) groups is 2. The number of hydrogen-bond acceptors (Lipinski definition) is 4. The van der Waals surface area contributed by atoms with Crippen LogP contribution in [0.2, 0.25) is 0 Å². The fourth-order valence-electron chi connectivity index (χ4n) is 1.97. The maximum Gasteiger partial charge on any atom is 0.326 e. The summed E-state index contributed by atoms with van der Waals surface area (Å²) in [5.74, 6) is -1.22. The van der Waals surface area contributed by atoms with E-state index in [-0.39, 0.29) is 18.4 Å². The Hall–Kier alpha value is -1.14. The van der Waals surface area contributed by atoms with Crippen molar-refractivity contribution in [1.29, 1.82) is 0 Å². The van der Waals surface area contributed by atoms with Crippen molar-refractivity contribution in [3.63, 3.8) is 0 Å². The van der Waals surface area contributed by atoms with E-state index in [0.717, 1.165) is 32.6 Å². The average molecular weight is 257 g/mol. The summed E-state index contributed by atoms with van der Waals surface area (Å²) in [4.78, 5) is 24.9. The Labute approximate surface area is 108 Å². The molecule has 0 aliphatic carbocycles. The molecule has 1 fully saturated rings. The molecule has 0 spiro atoms. The highest BCUT2D eigenvalue weighted by atomic mass is 16.4. The predicted octanol–water partition coefficient (Wildman–Crippen LogP) is -0.493. The third-order valence-corrected chi connectivity index (χ3v) is 3.37. The zero-order valence-electron chi connectivity index (χ0n) is 11.1. The molecule has 6 nitrogen and oxygen atoms in total. The second kappa shape index (κ2) is 7.33. The van der Waals surface area contributed by atoms with Crippen LogP contribution < -0.4 is 10.6 Å². The number of carboxylic acid groups (broad SMARTS) is 1. The van der Waals surface area contributed by atoms with Crippen molar-refractivity contribution in [3.8, 4) is 0 Å². The number of carboxylic acids is 1. The van der Waals surface area contributed by atoms with Crippen LogP contribution in [0.5, 0.6) is 0 Å². The minimum absolute atomic E-state index is 0.0607. The highest BCUT2D eigenvalue weighted by Gasteiger charge is 2.26. The first-order chi connectivity index (χ1) is 8.54. The van der Waals surface area contributed by atoms with Gasteiger partial charge in [0.2, 0.25) is 5.91 Å². The number of nitrogens with zero attached hydrogens (tertiary/aromatic N) is 1. The average Bonchev–Trinajstić information content (AvgIpc) is 2.36. The fourth-order valence-corrected chi connectivity index (χ4v) is 1.97. The monoisotopic (exact) mass is 257 g/mol. The van der Waals surface area contributed by atoms with Gasteiger partial charge in [0.25, 0.3) is 0 Å². The molecule has 0 saturated carbocycles. The number of carbonyl (C=O) groups excluding carboxylic acids is 1. The van der Waals surface area contributed by atoms with Gasteiger partial charge in [-0.15, -0.1) is 0 Å². The molecule has 0 bridgehead atoms. The summed E-state index contributed by atoms with van der Waals surface area (Å²) in [6, 6.07) is -0.787. The van der Waals surface area contributed by atoms with Gasteiger partial charge < -0.3 is 15.7 Å². The van der Waals surface area contributed by atoms with E-state index in [9.17, 15) is 9.59 Å². The van der Waals surface area contributed by atoms with E-state index in [1.54, 1.807) is 0 Å². The second-order valence-electron chi connectivity index (χ2n) is 4.80. The largest absolute Gasteiger partial charge is 0.480 e. The summed E-state index contributed by atoms with van der Waals surface area (Å²) in [6.07, 6.45) is 0.727. The Morgan fingerprint density at radius 3 is 2.50 bits per heavy atom. The molecular weight excluding hydrogens is 234 g/mol. The predicted molar refractivity (Wildman–Crippen MR) is 68.3 cm³/mol. The summed E-state index contributed by atoms with van der Waals surface area (Å²) < 4.78 is 0. The van der Waals surface area contributed by atoms with Crippen molar-refractivity contribution >= 4 is 11.9 Å². The maximum absolute atomic E-state index is 11.8. The summed E-state index contributed by atoms with van der Waals surface area (Å²) >= 11 is 0. The third kappa shape index (κ3) is 4.62. The van der Waals surface area contributed by atoms with Gasteiger partial charge in [-0.3, -0.25) is 9.69 Å². The van der Waals surface area contributed by atoms with E-state index in [1.165, 1.54) is 0 Å². The van der Waals surface area contributed by atoms with Crippen LogP contribution in [0, 0.1) is 5.92 Å². The third-order valence-electron chi connectivity index (χ3n) is 3.37. The lowest BCUT2D eigenvalue weighted by atomic mass is 9.99. The smallest absolute Gasteiger partial charge is 0.326 e.